The molecule has 4 heterocycles. The van der Waals surface area contributed by atoms with Crippen molar-refractivity contribution in [2.45, 2.75) is 45.6 Å². The van der Waals surface area contributed by atoms with Crippen LogP contribution in [-0.2, 0) is 33.8 Å². The van der Waals surface area contributed by atoms with Gasteiger partial charge in [0.2, 0.25) is 18.6 Å². The number of carbonyl (C=O) groups is 3. The molecule has 0 unspecified atom stereocenters. The van der Waals surface area contributed by atoms with Crippen LogP contribution in [0.25, 0.3) is 10.9 Å². The molecule has 3 aromatic rings. The second kappa shape index (κ2) is 13.3. The summed E-state index contributed by atoms with van der Waals surface area (Å²) in [5.41, 5.74) is 5.71. The van der Waals surface area contributed by atoms with E-state index >= 15 is 0 Å². The summed E-state index contributed by atoms with van der Waals surface area (Å²) in [5.74, 6) is 2.28. The molecule has 1 saturated heterocycles. The first-order chi connectivity index (χ1) is 20.4. The normalized spacial score (nSPS) is 21.0. The zero-order chi connectivity index (χ0) is 29.6. The van der Waals surface area contributed by atoms with Crippen LogP contribution in [-0.4, -0.2) is 78.2 Å². The lowest BCUT2D eigenvalue weighted by molar-refractivity contribution is -0.130. The molecular weight excluding hydrogens is 536 g/mol. The van der Waals surface area contributed by atoms with Crippen LogP contribution in [0.5, 0.6) is 11.5 Å². The molecule has 42 heavy (non-hydrogen) atoms. The number of aromatic nitrogens is 1. The molecule has 3 aliphatic rings. The number of ether oxygens (including phenoxy) is 2. The number of aromatic amines is 1. The van der Waals surface area contributed by atoms with E-state index in [0.717, 1.165) is 66.0 Å². The molecule has 1 fully saturated rings. The van der Waals surface area contributed by atoms with Gasteiger partial charge in [0.1, 0.15) is 0 Å². The molecule has 224 valence electrons. The minimum absolute atomic E-state index is 0.0928. The zero-order valence-corrected chi connectivity index (χ0v) is 24.4. The molecule has 2 aromatic carbocycles. The predicted molar refractivity (Wildman–Crippen MR) is 158 cm³/mol. The van der Waals surface area contributed by atoms with Crippen molar-refractivity contribution in [1.29, 1.82) is 0 Å². The Morgan fingerprint density at radius 2 is 1.83 bits per heavy atom. The summed E-state index contributed by atoms with van der Waals surface area (Å²) in [6.45, 7) is 5.76. The fraction of sp³-hybridized carbons (Fsp3) is 0.469. The summed E-state index contributed by atoms with van der Waals surface area (Å²) in [6.07, 6.45) is 3.53. The number of likely N-dealkylation sites (tertiary alicyclic amines) is 1. The van der Waals surface area contributed by atoms with Gasteiger partial charge in [-0.25, -0.2) is 0 Å². The van der Waals surface area contributed by atoms with E-state index in [1.807, 2.05) is 24.0 Å². The van der Waals surface area contributed by atoms with Crippen molar-refractivity contribution in [2.75, 3.05) is 40.0 Å². The second-order valence-electron chi connectivity index (χ2n) is 11.5. The van der Waals surface area contributed by atoms with Crippen LogP contribution in [0.4, 0.5) is 0 Å². The third-order valence-corrected chi connectivity index (χ3v) is 8.69. The number of H-pyrrole nitrogens is 1. The highest BCUT2D eigenvalue weighted by molar-refractivity contribution is 5.90. The van der Waals surface area contributed by atoms with E-state index in [-0.39, 0.29) is 36.9 Å². The number of nitrogens with one attached hydrogen (secondary N) is 2. The standard InChI is InChI=1S/C31H38N4O4.CH2O2/c1-20-26(25-6-3-4-7-27(25)33-20)15-31(37)35-17-22-9-8-21-12-28-29(39-19-38-28)13-23(21)16-34(2)11-5-10-32-30(36)14-24(22)18-35;2-1-3/h3-4,6-7,12-13,22,24,33H,5,8-11,14-19H2,1-2H3,(H,32,36);1H,(H,2,3)/t22-,24+;/m1./s1. The third-order valence-electron chi connectivity index (χ3n) is 8.69. The van der Waals surface area contributed by atoms with Crippen LogP contribution in [0.3, 0.4) is 0 Å². The summed E-state index contributed by atoms with van der Waals surface area (Å²) in [4.78, 5) is 42.5. The van der Waals surface area contributed by atoms with Crippen molar-refractivity contribution >= 4 is 29.2 Å². The van der Waals surface area contributed by atoms with Crippen molar-refractivity contribution in [2.24, 2.45) is 11.8 Å². The minimum Gasteiger partial charge on any atom is -0.483 e. The summed E-state index contributed by atoms with van der Waals surface area (Å²) in [7, 11) is 2.12. The first-order valence-electron chi connectivity index (χ1n) is 14.6. The molecule has 0 aliphatic carbocycles. The smallest absolute Gasteiger partial charge is 0.290 e. The fourth-order valence-corrected chi connectivity index (χ4v) is 6.53. The van der Waals surface area contributed by atoms with E-state index < -0.39 is 0 Å². The maximum absolute atomic E-state index is 13.6. The molecule has 0 spiro atoms. The van der Waals surface area contributed by atoms with E-state index in [1.54, 1.807) is 0 Å². The molecule has 2 atom stereocenters. The van der Waals surface area contributed by atoms with Gasteiger partial charge in [-0.05, 0) is 86.5 Å². The van der Waals surface area contributed by atoms with Crippen LogP contribution < -0.4 is 14.8 Å². The largest absolute Gasteiger partial charge is 0.483 e. The second-order valence-corrected chi connectivity index (χ2v) is 11.5. The van der Waals surface area contributed by atoms with Crippen LogP contribution in [0.1, 0.15) is 41.6 Å². The number of hydrogen-bond donors (Lipinski definition) is 3. The summed E-state index contributed by atoms with van der Waals surface area (Å²) in [6, 6.07) is 12.4. The summed E-state index contributed by atoms with van der Waals surface area (Å²) in [5, 5.41) is 11.1. The van der Waals surface area contributed by atoms with E-state index in [2.05, 4.69) is 46.5 Å². The predicted octanol–water partition coefficient (Wildman–Crippen LogP) is 3.50. The maximum atomic E-state index is 13.6. The molecule has 2 amide bonds. The molecule has 3 N–H and O–H groups in total. The number of aryl methyl sites for hydroxylation is 2. The van der Waals surface area contributed by atoms with E-state index in [0.29, 0.717) is 32.5 Å². The Morgan fingerprint density at radius 3 is 2.62 bits per heavy atom. The fourth-order valence-electron chi connectivity index (χ4n) is 6.53. The van der Waals surface area contributed by atoms with Gasteiger partial charge in [-0.15, -0.1) is 0 Å². The number of rotatable bonds is 2. The first kappa shape index (κ1) is 29.4. The number of benzene rings is 2. The van der Waals surface area contributed by atoms with Gasteiger partial charge in [0.25, 0.3) is 6.47 Å². The monoisotopic (exact) mass is 576 g/mol. The van der Waals surface area contributed by atoms with Gasteiger partial charge in [-0.1, -0.05) is 18.2 Å². The number of amides is 2. The van der Waals surface area contributed by atoms with Crippen LogP contribution in [0.2, 0.25) is 0 Å². The summed E-state index contributed by atoms with van der Waals surface area (Å²) < 4.78 is 11.4. The van der Waals surface area contributed by atoms with Crippen molar-refractivity contribution in [1.82, 2.24) is 20.1 Å². The van der Waals surface area contributed by atoms with Crippen molar-refractivity contribution in [3.8, 4) is 11.5 Å². The lowest BCUT2D eigenvalue weighted by Gasteiger charge is -2.22. The Hall–Kier alpha value is -4.05. The quantitative estimate of drug-likeness (QED) is 0.399. The highest BCUT2D eigenvalue weighted by Crippen LogP contribution is 2.37. The van der Waals surface area contributed by atoms with Crippen molar-refractivity contribution in [3.05, 3.63) is 58.8 Å². The minimum atomic E-state index is -0.250. The molecule has 3 aliphatic heterocycles. The lowest BCUT2D eigenvalue weighted by Crippen LogP contribution is -2.32. The van der Waals surface area contributed by atoms with Gasteiger partial charge < -0.3 is 34.7 Å². The zero-order valence-electron chi connectivity index (χ0n) is 24.4. The Morgan fingerprint density at radius 1 is 1.12 bits per heavy atom. The first-order valence-corrected chi connectivity index (χ1v) is 14.6. The molecule has 1 aromatic heterocycles. The number of carboxylic acid groups (broad SMARTS) is 1. The third kappa shape index (κ3) is 6.70. The highest BCUT2D eigenvalue weighted by Gasteiger charge is 2.36. The van der Waals surface area contributed by atoms with Gasteiger partial charge in [-0.3, -0.25) is 14.4 Å². The number of nitrogens with zero attached hydrogens (tertiary/aromatic N) is 2. The Bertz CT molecular complexity index is 1440. The SMILES string of the molecule is Cc1[nH]c2ccccc2c1CC(=O)N1C[C@H]2CCc3cc4c(cc3CN(C)CCCNC(=O)C[C@H]2C1)OCO4.O=CO. The lowest BCUT2D eigenvalue weighted by atomic mass is 9.86. The van der Waals surface area contributed by atoms with E-state index in [9.17, 15) is 9.59 Å². The van der Waals surface area contributed by atoms with Crippen molar-refractivity contribution < 1.29 is 29.0 Å². The Labute approximate surface area is 246 Å². The highest BCUT2D eigenvalue weighted by atomic mass is 16.7. The van der Waals surface area contributed by atoms with Gasteiger partial charge >= 0.3 is 0 Å². The van der Waals surface area contributed by atoms with Gasteiger partial charge in [0.15, 0.2) is 11.5 Å². The molecule has 0 radical (unpaired) electrons. The average molecular weight is 577 g/mol. The Kier molecular flexibility index (Phi) is 9.31. The average Bonchev–Trinajstić information content (AvgIpc) is 3.67. The summed E-state index contributed by atoms with van der Waals surface area (Å²) >= 11 is 0. The van der Waals surface area contributed by atoms with E-state index in [4.69, 9.17) is 19.4 Å². The van der Waals surface area contributed by atoms with Crippen molar-refractivity contribution in [3.63, 3.8) is 0 Å². The van der Waals surface area contributed by atoms with E-state index in [1.165, 1.54) is 11.1 Å². The topological polar surface area (TPSA) is 124 Å². The molecular formula is C32H40N4O6. The molecule has 0 saturated carbocycles. The number of hydrogen-bond acceptors (Lipinski definition) is 6. The number of fused-ring (bicyclic) bond motifs is 4. The van der Waals surface area contributed by atoms with Gasteiger partial charge in [-0.2, -0.15) is 0 Å². The van der Waals surface area contributed by atoms with Crippen LogP contribution in [0, 0.1) is 18.8 Å². The maximum Gasteiger partial charge on any atom is 0.290 e. The molecule has 0 bridgehead atoms. The molecule has 10 nitrogen and oxygen atoms in total. The van der Waals surface area contributed by atoms with Gasteiger partial charge in [0.05, 0.1) is 6.42 Å². The van der Waals surface area contributed by atoms with Gasteiger partial charge in [0, 0.05) is 49.2 Å². The molecule has 6 rings (SSSR count). The Balaban J connectivity index is 0.00000113. The van der Waals surface area contributed by atoms with Crippen LogP contribution >= 0.6 is 0 Å². The van der Waals surface area contributed by atoms with Crippen LogP contribution in [0.15, 0.2) is 36.4 Å². The molecule has 10 heteroatoms. The number of carbonyl (C=O) groups excluding carboxylic acids is 2. The number of para-hydroxylation sites is 1.